The van der Waals surface area contributed by atoms with Crippen molar-refractivity contribution in [1.82, 2.24) is 0 Å². The van der Waals surface area contributed by atoms with Gasteiger partial charge in [0.2, 0.25) is 0 Å². The topological polar surface area (TPSA) is 35.5 Å². The second kappa shape index (κ2) is 18.7. The van der Waals surface area contributed by atoms with E-state index in [4.69, 9.17) is 9.47 Å². The normalized spacial score (nSPS) is 12.0. The summed E-state index contributed by atoms with van der Waals surface area (Å²) < 4.78 is 13.7. The molecule has 1 atom stereocenters. The van der Waals surface area contributed by atoms with Gasteiger partial charge in [-0.05, 0) is 0 Å². The van der Waals surface area contributed by atoms with Crippen LogP contribution in [0.4, 0.5) is 0 Å². The second-order valence-corrected chi connectivity index (χ2v) is 12.1. The van der Waals surface area contributed by atoms with E-state index in [1.807, 2.05) is 13.0 Å². The molecule has 1 unspecified atom stereocenters. The number of esters is 1. The minimum atomic E-state index is -0.143. The Morgan fingerprint density at radius 3 is 1.94 bits per heavy atom. The molecular formula is C31H48O3Se. The van der Waals surface area contributed by atoms with Crippen LogP contribution < -0.4 is 4.74 Å². The monoisotopic (exact) mass is 548 g/mol. The molecule has 0 saturated heterocycles. The van der Waals surface area contributed by atoms with Crippen LogP contribution in [-0.4, -0.2) is 33.2 Å². The van der Waals surface area contributed by atoms with Crippen LogP contribution in [0, 0.1) is 0 Å². The number of ether oxygens (including phenoxy) is 2. The molecule has 0 saturated carbocycles. The number of carbonyl (C=O) groups is 1. The summed E-state index contributed by atoms with van der Waals surface area (Å²) in [6.45, 7) is 7.28. The SMILES string of the molecule is CCCCCCCCCCCCOc1ccc(-c2ccc(C(=O)OC(C)CCCCCC)[se]2)cc1. The van der Waals surface area contributed by atoms with Crippen LogP contribution in [0.5, 0.6) is 5.75 Å². The molecule has 0 radical (unpaired) electrons. The van der Waals surface area contributed by atoms with Gasteiger partial charge in [-0.2, -0.15) is 0 Å². The molecule has 0 N–H and O–H groups in total. The predicted octanol–water partition coefficient (Wildman–Crippen LogP) is 9.23. The minimum absolute atomic E-state index is 0.00259. The summed E-state index contributed by atoms with van der Waals surface area (Å²) in [5.74, 6) is 0.788. The van der Waals surface area contributed by atoms with Crippen LogP contribution in [0.3, 0.4) is 0 Å². The standard InChI is InChI=1S/C31H48O3Se/c1-4-6-8-10-11-12-13-14-15-17-25-33-28-21-19-27(20-22-28)29-23-24-30(35-29)31(32)34-26(3)18-16-9-7-5-2/h19-24,26H,4-18,25H2,1-3H3. The molecule has 1 heterocycles. The molecule has 1 aromatic heterocycles. The van der Waals surface area contributed by atoms with E-state index in [0.717, 1.165) is 36.1 Å². The van der Waals surface area contributed by atoms with E-state index in [9.17, 15) is 4.79 Å². The average molecular weight is 548 g/mol. The van der Waals surface area contributed by atoms with Crippen LogP contribution in [0.25, 0.3) is 10.0 Å². The molecule has 35 heavy (non-hydrogen) atoms. The van der Waals surface area contributed by atoms with E-state index < -0.39 is 0 Å². The van der Waals surface area contributed by atoms with Crippen molar-refractivity contribution >= 4 is 20.5 Å². The summed E-state index contributed by atoms with van der Waals surface area (Å²) in [5.41, 5.74) is 1.17. The molecule has 2 aromatic rings. The van der Waals surface area contributed by atoms with E-state index in [2.05, 4.69) is 44.2 Å². The zero-order valence-electron chi connectivity index (χ0n) is 22.5. The van der Waals surface area contributed by atoms with E-state index in [-0.39, 0.29) is 26.6 Å². The quantitative estimate of drug-likeness (QED) is 0.0942. The van der Waals surface area contributed by atoms with E-state index >= 15 is 0 Å². The Hall–Kier alpha value is -1.51. The van der Waals surface area contributed by atoms with Gasteiger partial charge in [-0.3, -0.25) is 0 Å². The van der Waals surface area contributed by atoms with Crippen molar-refractivity contribution in [2.75, 3.05) is 6.61 Å². The van der Waals surface area contributed by atoms with Crippen molar-refractivity contribution < 1.29 is 14.3 Å². The number of carbonyl (C=O) groups excluding carboxylic acids is 1. The van der Waals surface area contributed by atoms with Gasteiger partial charge in [0.05, 0.1) is 0 Å². The maximum absolute atomic E-state index is 12.5. The molecule has 0 fully saturated rings. The molecule has 0 aliphatic carbocycles. The first kappa shape index (κ1) is 29.7. The Bertz CT molecular complexity index is 796. The number of hydrogen-bond acceptors (Lipinski definition) is 3. The molecule has 0 aliphatic heterocycles. The number of unbranched alkanes of at least 4 members (excludes halogenated alkanes) is 12. The number of hydrogen-bond donors (Lipinski definition) is 0. The molecule has 0 amide bonds. The number of benzene rings is 1. The van der Waals surface area contributed by atoms with Crippen LogP contribution in [-0.2, 0) is 4.74 Å². The summed E-state index contributed by atoms with van der Waals surface area (Å²) in [6.07, 6.45) is 19.1. The zero-order chi connectivity index (χ0) is 25.1. The van der Waals surface area contributed by atoms with Gasteiger partial charge < -0.3 is 0 Å². The molecule has 196 valence electrons. The van der Waals surface area contributed by atoms with Crippen LogP contribution in [0.15, 0.2) is 36.4 Å². The zero-order valence-corrected chi connectivity index (χ0v) is 24.2. The van der Waals surface area contributed by atoms with E-state index in [1.54, 1.807) is 0 Å². The first-order valence-electron chi connectivity index (χ1n) is 14.2. The summed E-state index contributed by atoms with van der Waals surface area (Å²) in [4.78, 5) is 12.5. The first-order valence-corrected chi connectivity index (χ1v) is 15.9. The summed E-state index contributed by atoms with van der Waals surface area (Å²) in [7, 11) is 0. The fraction of sp³-hybridized carbons (Fsp3) is 0.645. The third-order valence-corrected chi connectivity index (χ3v) is 8.82. The van der Waals surface area contributed by atoms with Crippen LogP contribution in [0.2, 0.25) is 0 Å². The molecule has 0 spiro atoms. The number of rotatable bonds is 20. The van der Waals surface area contributed by atoms with Gasteiger partial charge in [-0.25, -0.2) is 0 Å². The summed E-state index contributed by atoms with van der Waals surface area (Å²) >= 11 is -0.00259. The molecule has 0 bridgehead atoms. The summed E-state index contributed by atoms with van der Waals surface area (Å²) in [6, 6.07) is 12.3. The molecule has 4 heteroatoms. The molecular weight excluding hydrogens is 499 g/mol. The maximum atomic E-state index is 12.5. The van der Waals surface area contributed by atoms with Gasteiger partial charge in [-0.15, -0.1) is 0 Å². The van der Waals surface area contributed by atoms with Crippen molar-refractivity contribution in [2.45, 2.75) is 123 Å². The van der Waals surface area contributed by atoms with Crippen molar-refractivity contribution in [3.63, 3.8) is 0 Å². The second-order valence-electron chi connectivity index (χ2n) is 9.78. The fourth-order valence-corrected chi connectivity index (χ4v) is 6.13. The van der Waals surface area contributed by atoms with Gasteiger partial charge >= 0.3 is 182 Å². The summed E-state index contributed by atoms with van der Waals surface area (Å²) in [5, 5.41) is 0. The van der Waals surface area contributed by atoms with Crippen molar-refractivity contribution in [2.24, 2.45) is 0 Å². The Balaban J connectivity index is 1.63. The molecule has 3 nitrogen and oxygen atoms in total. The molecule has 1 aromatic carbocycles. The Morgan fingerprint density at radius 1 is 0.743 bits per heavy atom. The van der Waals surface area contributed by atoms with Gasteiger partial charge in [0, 0.05) is 0 Å². The Morgan fingerprint density at radius 2 is 1.31 bits per heavy atom. The molecule has 2 rings (SSSR count). The third kappa shape index (κ3) is 12.8. The van der Waals surface area contributed by atoms with E-state index in [1.165, 1.54) is 87.1 Å². The Kier molecular flexibility index (Phi) is 15.9. The van der Waals surface area contributed by atoms with Gasteiger partial charge in [0.15, 0.2) is 0 Å². The first-order chi connectivity index (χ1) is 17.1. The van der Waals surface area contributed by atoms with Gasteiger partial charge in [-0.1, -0.05) is 39.0 Å². The van der Waals surface area contributed by atoms with E-state index in [0.29, 0.717) is 0 Å². The Labute approximate surface area is 220 Å². The van der Waals surface area contributed by atoms with Crippen molar-refractivity contribution in [1.29, 1.82) is 0 Å². The van der Waals surface area contributed by atoms with Crippen molar-refractivity contribution in [3.8, 4) is 15.8 Å². The van der Waals surface area contributed by atoms with Crippen molar-refractivity contribution in [3.05, 3.63) is 40.8 Å². The molecule has 0 aliphatic rings. The average Bonchev–Trinajstić information content (AvgIpc) is 3.36. The predicted molar refractivity (Wildman–Crippen MR) is 150 cm³/mol. The van der Waals surface area contributed by atoms with Crippen LogP contribution >= 0.6 is 0 Å². The third-order valence-electron chi connectivity index (χ3n) is 6.49. The van der Waals surface area contributed by atoms with Crippen LogP contribution in [0.1, 0.15) is 126 Å². The van der Waals surface area contributed by atoms with Gasteiger partial charge in [0.25, 0.3) is 0 Å². The van der Waals surface area contributed by atoms with Gasteiger partial charge in [0.1, 0.15) is 0 Å². The fourth-order valence-electron chi connectivity index (χ4n) is 4.26.